The van der Waals surface area contributed by atoms with Crippen molar-refractivity contribution in [3.8, 4) is 0 Å². The van der Waals surface area contributed by atoms with Crippen molar-refractivity contribution in [1.82, 2.24) is 5.32 Å². The fourth-order valence-electron chi connectivity index (χ4n) is 3.62. The number of amides is 2. The van der Waals surface area contributed by atoms with Gasteiger partial charge in [-0.15, -0.1) is 0 Å². The van der Waals surface area contributed by atoms with E-state index in [1.807, 2.05) is 24.3 Å². The molecule has 0 atom stereocenters. The minimum Gasteiger partial charge on any atom is -0.359 e. The Hall–Kier alpha value is -2.69. The second-order valence-corrected chi connectivity index (χ2v) is 6.80. The van der Waals surface area contributed by atoms with E-state index in [1.54, 1.807) is 19.2 Å². The number of likely N-dealkylation sites (N-methyl/N-ethyl adjacent to an activating group) is 1. The predicted molar refractivity (Wildman–Crippen MR) is 99.4 cm³/mol. The van der Waals surface area contributed by atoms with Crippen molar-refractivity contribution in [1.29, 1.82) is 0 Å². The molecule has 136 valence electrons. The lowest BCUT2D eigenvalue weighted by atomic mass is 9.78. The summed E-state index contributed by atoms with van der Waals surface area (Å²) in [6, 6.07) is 13.5. The zero-order valence-electron chi connectivity index (χ0n) is 14.8. The Morgan fingerprint density at radius 3 is 2.19 bits per heavy atom. The minimum absolute atomic E-state index is 0.0528. The Morgan fingerprint density at radius 1 is 1.00 bits per heavy atom. The number of carbonyl (C=O) groups is 2. The number of hydrogen-bond donors (Lipinski definition) is 2. The van der Waals surface area contributed by atoms with Gasteiger partial charge in [-0.05, 0) is 48.2 Å². The van der Waals surface area contributed by atoms with Crippen molar-refractivity contribution in [3.05, 3.63) is 65.5 Å². The summed E-state index contributed by atoms with van der Waals surface area (Å²) in [5.41, 5.74) is 1.85. The fourth-order valence-corrected chi connectivity index (χ4v) is 3.62. The van der Waals surface area contributed by atoms with E-state index in [0.29, 0.717) is 12.1 Å². The number of anilines is 1. The van der Waals surface area contributed by atoms with Gasteiger partial charge in [0.2, 0.25) is 11.8 Å². The first-order chi connectivity index (χ1) is 12.5. The molecule has 0 bridgehead atoms. The Morgan fingerprint density at radius 2 is 1.62 bits per heavy atom. The number of halogens is 1. The number of nitrogens with one attached hydrogen (secondary N) is 2. The van der Waals surface area contributed by atoms with Gasteiger partial charge in [-0.25, -0.2) is 4.39 Å². The Labute approximate surface area is 152 Å². The lowest BCUT2D eigenvalue weighted by Crippen LogP contribution is -2.38. The zero-order valence-corrected chi connectivity index (χ0v) is 14.8. The molecule has 0 aromatic heterocycles. The summed E-state index contributed by atoms with van der Waals surface area (Å²) < 4.78 is 13.3. The van der Waals surface area contributed by atoms with Crippen molar-refractivity contribution in [2.24, 2.45) is 0 Å². The maximum Gasteiger partial charge on any atom is 0.235 e. The summed E-state index contributed by atoms with van der Waals surface area (Å²) in [7, 11) is 1.60. The topological polar surface area (TPSA) is 58.2 Å². The van der Waals surface area contributed by atoms with Crippen LogP contribution in [0, 0.1) is 5.82 Å². The second kappa shape index (κ2) is 7.68. The van der Waals surface area contributed by atoms with Gasteiger partial charge >= 0.3 is 0 Å². The van der Waals surface area contributed by atoms with Crippen LogP contribution >= 0.6 is 0 Å². The molecular weight excluding hydrogens is 331 g/mol. The smallest absolute Gasteiger partial charge is 0.235 e. The van der Waals surface area contributed by atoms with E-state index in [1.165, 1.54) is 12.1 Å². The lowest BCUT2D eigenvalue weighted by molar-refractivity contribution is -0.121. The summed E-state index contributed by atoms with van der Waals surface area (Å²) in [5, 5.41) is 5.59. The third-order valence-electron chi connectivity index (χ3n) is 5.14. The molecule has 0 spiro atoms. The standard InChI is InChI=1S/C21H23FN2O2/c1-23-19(25)14-15-4-10-18(11-5-15)24-20(26)21(12-2-3-13-21)16-6-8-17(22)9-7-16/h4-11H,2-3,12-14H2,1H3,(H,23,25)(H,24,26). The molecule has 1 fully saturated rings. The first kappa shape index (κ1) is 18.1. The van der Waals surface area contributed by atoms with E-state index in [9.17, 15) is 14.0 Å². The van der Waals surface area contributed by atoms with Crippen LogP contribution in [-0.2, 0) is 21.4 Å². The average molecular weight is 354 g/mol. The molecule has 0 heterocycles. The molecule has 1 saturated carbocycles. The first-order valence-electron chi connectivity index (χ1n) is 8.90. The molecule has 3 rings (SSSR count). The van der Waals surface area contributed by atoms with Crippen LogP contribution in [0.25, 0.3) is 0 Å². The molecule has 2 aromatic carbocycles. The highest BCUT2D eigenvalue weighted by atomic mass is 19.1. The van der Waals surface area contributed by atoms with Gasteiger partial charge in [0.1, 0.15) is 5.82 Å². The largest absolute Gasteiger partial charge is 0.359 e. The van der Waals surface area contributed by atoms with Crippen LogP contribution in [0.1, 0.15) is 36.8 Å². The van der Waals surface area contributed by atoms with E-state index >= 15 is 0 Å². The fraction of sp³-hybridized carbons (Fsp3) is 0.333. The number of benzene rings is 2. The lowest BCUT2D eigenvalue weighted by Gasteiger charge is -2.28. The van der Waals surface area contributed by atoms with Crippen molar-refractivity contribution >= 4 is 17.5 Å². The third kappa shape index (κ3) is 3.77. The van der Waals surface area contributed by atoms with E-state index in [-0.39, 0.29) is 17.6 Å². The van der Waals surface area contributed by atoms with Crippen LogP contribution in [0.3, 0.4) is 0 Å². The van der Waals surface area contributed by atoms with E-state index in [4.69, 9.17) is 0 Å². The molecule has 2 N–H and O–H groups in total. The van der Waals surface area contributed by atoms with Crippen molar-refractivity contribution < 1.29 is 14.0 Å². The molecule has 0 aliphatic heterocycles. The Bertz CT molecular complexity index is 779. The summed E-state index contributed by atoms with van der Waals surface area (Å²) in [6.45, 7) is 0. The number of rotatable bonds is 5. The van der Waals surface area contributed by atoms with Gasteiger partial charge in [0.15, 0.2) is 0 Å². The third-order valence-corrected chi connectivity index (χ3v) is 5.14. The van der Waals surface area contributed by atoms with Gasteiger partial charge in [-0.1, -0.05) is 37.1 Å². The number of hydrogen-bond acceptors (Lipinski definition) is 2. The Kier molecular flexibility index (Phi) is 5.35. The average Bonchev–Trinajstić information content (AvgIpc) is 3.15. The monoisotopic (exact) mass is 354 g/mol. The quantitative estimate of drug-likeness (QED) is 0.862. The van der Waals surface area contributed by atoms with Crippen LogP contribution in [0.15, 0.2) is 48.5 Å². The van der Waals surface area contributed by atoms with Gasteiger partial charge in [0.25, 0.3) is 0 Å². The van der Waals surface area contributed by atoms with Crippen LogP contribution in [0.2, 0.25) is 0 Å². The molecule has 2 amide bonds. The van der Waals surface area contributed by atoms with Gasteiger partial charge in [0.05, 0.1) is 11.8 Å². The molecule has 0 radical (unpaired) electrons. The summed E-state index contributed by atoms with van der Waals surface area (Å²) in [6.07, 6.45) is 3.80. The molecular formula is C21H23FN2O2. The molecule has 2 aromatic rings. The van der Waals surface area contributed by atoms with E-state index in [0.717, 1.165) is 36.8 Å². The normalized spacial score (nSPS) is 15.5. The van der Waals surface area contributed by atoms with Gasteiger partial charge in [0, 0.05) is 12.7 Å². The number of carbonyl (C=O) groups excluding carboxylic acids is 2. The van der Waals surface area contributed by atoms with Crippen molar-refractivity contribution in [3.63, 3.8) is 0 Å². The molecule has 5 heteroatoms. The molecule has 26 heavy (non-hydrogen) atoms. The minimum atomic E-state index is -0.603. The van der Waals surface area contributed by atoms with Crippen LogP contribution < -0.4 is 10.6 Å². The van der Waals surface area contributed by atoms with Gasteiger partial charge < -0.3 is 10.6 Å². The second-order valence-electron chi connectivity index (χ2n) is 6.80. The van der Waals surface area contributed by atoms with Crippen molar-refractivity contribution in [2.75, 3.05) is 12.4 Å². The molecule has 4 nitrogen and oxygen atoms in total. The first-order valence-corrected chi connectivity index (χ1v) is 8.90. The molecule has 0 saturated heterocycles. The van der Waals surface area contributed by atoms with Gasteiger partial charge in [-0.3, -0.25) is 9.59 Å². The maximum absolute atomic E-state index is 13.3. The highest BCUT2D eigenvalue weighted by Crippen LogP contribution is 2.42. The van der Waals surface area contributed by atoms with E-state index < -0.39 is 5.41 Å². The molecule has 0 unspecified atom stereocenters. The molecule has 1 aliphatic carbocycles. The molecule has 1 aliphatic rings. The summed E-state index contributed by atoms with van der Waals surface area (Å²) in [5.74, 6) is -0.405. The summed E-state index contributed by atoms with van der Waals surface area (Å²) >= 11 is 0. The zero-order chi connectivity index (χ0) is 18.6. The predicted octanol–water partition coefficient (Wildman–Crippen LogP) is 3.56. The maximum atomic E-state index is 13.3. The highest BCUT2D eigenvalue weighted by molar-refractivity contribution is 5.99. The highest BCUT2D eigenvalue weighted by Gasteiger charge is 2.42. The van der Waals surface area contributed by atoms with Crippen LogP contribution in [0.4, 0.5) is 10.1 Å². The van der Waals surface area contributed by atoms with Crippen LogP contribution in [0.5, 0.6) is 0 Å². The van der Waals surface area contributed by atoms with E-state index in [2.05, 4.69) is 10.6 Å². The van der Waals surface area contributed by atoms with Crippen molar-refractivity contribution in [2.45, 2.75) is 37.5 Å². The van der Waals surface area contributed by atoms with Crippen LogP contribution in [-0.4, -0.2) is 18.9 Å². The Balaban J connectivity index is 1.76. The van der Waals surface area contributed by atoms with Gasteiger partial charge in [-0.2, -0.15) is 0 Å². The summed E-state index contributed by atoms with van der Waals surface area (Å²) in [4.78, 5) is 24.5. The SMILES string of the molecule is CNC(=O)Cc1ccc(NC(=O)C2(c3ccc(F)cc3)CCCC2)cc1.